The molecule has 0 amide bonds. The Morgan fingerprint density at radius 3 is 2.29 bits per heavy atom. The molecule has 2 aromatic carbocycles. The summed E-state index contributed by atoms with van der Waals surface area (Å²) in [6.45, 7) is 2.04. The summed E-state index contributed by atoms with van der Waals surface area (Å²) < 4.78 is 12.6. The van der Waals surface area contributed by atoms with Crippen molar-refractivity contribution in [3.63, 3.8) is 0 Å². The fraction of sp³-hybridized carbons (Fsp3) is 0.250. The van der Waals surface area contributed by atoms with Crippen LogP contribution in [-0.4, -0.2) is 14.2 Å². The van der Waals surface area contributed by atoms with Crippen LogP contribution < -0.4 is 9.47 Å². The second kappa shape index (κ2) is 7.03. The van der Waals surface area contributed by atoms with Gasteiger partial charge in [0, 0.05) is 10.0 Å². The fourth-order valence-corrected chi connectivity index (χ4v) is 3.81. The third kappa shape index (κ3) is 3.22. The number of alkyl halides is 1. The lowest BCUT2D eigenvalue weighted by Crippen LogP contribution is -2.01. The highest BCUT2D eigenvalue weighted by Gasteiger charge is 2.22. The number of hydrogen-bond donors (Lipinski definition) is 0. The van der Waals surface area contributed by atoms with Gasteiger partial charge in [0.25, 0.3) is 0 Å². The van der Waals surface area contributed by atoms with Crippen LogP contribution in [0.2, 0.25) is 0 Å². The van der Waals surface area contributed by atoms with Crippen LogP contribution >= 0.6 is 43.5 Å². The molecule has 0 saturated carbocycles. The van der Waals surface area contributed by atoms with E-state index in [0.29, 0.717) is 11.5 Å². The van der Waals surface area contributed by atoms with Gasteiger partial charge in [-0.15, -0.1) is 11.6 Å². The first-order valence-corrected chi connectivity index (χ1v) is 8.33. The van der Waals surface area contributed by atoms with Gasteiger partial charge in [-0.25, -0.2) is 0 Å². The number of methoxy groups -OCH3 is 2. The Bertz CT molecular complexity index is 659. The molecule has 0 aliphatic carbocycles. The number of ether oxygens (including phenoxy) is 2. The summed E-state index contributed by atoms with van der Waals surface area (Å²) in [6, 6.07) is 9.84. The van der Waals surface area contributed by atoms with Crippen LogP contribution in [-0.2, 0) is 0 Å². The zero-order valence-corrected chi connectivity index (χ0v) is 15.8. The van der Waals surface area contributed by atoms with Gasteiger partial charge in [0.05, 0.1) is 19.6 Å². The lowest BCUT2D eigenvalue weighted by atomic mass is 10.0. The highest BCUT2D eigenvalue weighted by atomic mass is 79.9. The molecule has 0 spiro atoms. The first-order valence-electron chi connectivity index (χ1n) is 6.30. The minimum atomic E-state index is -0.323. The van der Waals surface area contributed by atoms with Gasteiger partial charge in [-0.05, 0) is 46.1 Å². The molecule has 21 heavy (non-hydrogen) atoms. The van der Waals surface area contributed by atoms with E-state index in [2.05, 4.69) is 31.9 Å². The number of aryl methyl sites for hydroxylation is 1. The highest BCUT2D eigenvalue weighted by Crippen LogP contribution is 2.45. The lowest BCUT2D eigenvalue weighted by Gasteiger charge is -2.19. The van der Waals surface area contributed by atoms with Crippen LogP contribution in [0, 0.1) is 6.92 Å². The maximum Gasteiger partial charge on any atom is 0.141 e. The molecule has 0 N–H and O–H groups in total. The number of hydrogen-bond acceptors (Lipinski definition) is 2. The molecule has 0 radical (unpaired) electrons. The van der Waals surface area contributed by atoms with Crippen LogP contribution in [0.1, 0.15) is 22.1 Å². The van der Waals surface area contributed by atoms with Crippen molar-refractivity contribution in [2.75, 3.05) is 14.2 Å². The van der Waals surface area contributed by atoms with Crippen molar-refractivity contribution in [1.82, 2.24) is 0 Å². The van der Waals surface area contributed by atoms with Gasteiger partial charge in [-0.3, -0.25) is 0 Å². The molecule has 0 fully saturated rings. The monoisotopic (exact) mass is 432 g/mol. The summed E-state index contributed by atoms with van der Waals surface area (Å²) in [5.41, 5.74) is 3.04. The quantitative estimate of drug-likeness (QED) is 0.561. The van der Waals surface area contributed by atoms with Crippen molar-refractivity contribution in [1.29, 1.82) is 0 Å². The van der Waals surface area contributed by atoms with E-state index in [-0.39, 0.29) is 5.38 Å². The summed E-state index contributed by atoms with van der Waals surface area (Å²) in [5, 5.41) is -0.323. The molecule has 2 aromatic rings. The number of halogens is 3. The molecule has 0 saturated heterocycles. The van der Waals surface area contributed by atoms with Crippen molar-refractivity contribution < 1.29 is 9.47 Å². The Kier molecular flexibility index (Phi) is 5.58. The second-order valence-electron chi connectivity index (χ2n) is 4.54. The van der Waals surface area contributed by atoms with Crippen LogP contribution in [0.25, 0.3) is 0 Å². The van der Waals surface area contributed by atoms with Crippen molar-refractivity contribution in [2.45, 2.75) is 12.3 Å². The summed E-state index contributed by atoms with van der Waals surface area (Å²) in [4.78, 5) is 0. The van der Waals surface area contributed by atoms with Crippen LogP contribution in [0.5, 0.6) is 11.5 Å². The molecule has 2 rings (SSSR count). The largest absolute Gasteiger partial charge is 0.495 e. The van der Waals surface area contributed by atoms with Crippen LogP contribution in [0.3, 0.4) is 0 Å². The normalized spacial score (nSPS) is 12.1. The molecule has 112 valence electrons. The van der Waals surface area contributed by atoms with Crippen molar-refractivity contribution in [2.24, 2.45) is 0 Å². The molecule has 5 heteroatoms. The van der Waals surface area contributed by atoms with E-state index in [1.54, 1.807) is 14.2 Å². The molecule has 2 nitrogen and oxygen atoms in total. The molecular formula is C16H15Br2ClO2. The highest BCUT2D eigenvalue weighted by molar-refractivity contribution is 9.11. The Hall–Kier alpha value is -0.710. The zero-order valence-electron chi connectivity index (χ0n) is 11.9. The Morgan fingerprint density at radius 2 is 1.67 bits per heavy atom. The third-order valence-corrected chi connectivity index (χ3v) is 5.59. The molecule has 0 aromatic heterocycles. The van der Waals surface area contributed by atoms with Gasteiger partial charge >= 0.3 is 0 Å². The molecule has 0 heterocycles. The first kappa shape index (κ1) is 16.7. The van der Waals surface area contributed by atoms with Crippen LogP contribution in [0.4, 0.5) is 0 Å². The summed E-state index contributed by atoms with van der Waals surface area (Å²) in [6.07, 6.45) is 0. The predicted octanol–water partition coefficient (Wildman–Crippen LogP) is 5.87. The topological polar surface area (TPSA) is 18.5 Å². The summed E-state index contributed by atoms with van der Waals surface area (Å²) in [7, 11) is 3.24. The van der Waals surface area contributed by atoms with E-state index in [1.807, 2.05) is 37.3 Å². The zero-order chi connectivity index (χ0) is 15.6. The smallest absolute Gasteiger partial charge is 0.141 e. The van der Waals surface area contributed by atoms with E-state index in [1.165, 1.54) is 0 Å². The SMILES string of the molecule is COc1ccc(C(Cl)c2cccc(C)c2Br)c(OC)c1Br. The minimum absolute atomic E-state index is 0.323. The van der Waals surface area contributed by atoms with Gasteiger partial charge < -0.3 is 9.47 Å². The van der Waals surface area contributed by atoms with Gasteiger partial charge in [0.2, 0.25) is 0 Å². The van der Waals surface area contributed by atoms with E-state index >= 15 is 0 Å². The van der Waals surface area contributed by atoms with Crippen molar-refractivity contribution >= 4 is 43.5 Å². The predicted molar refractivity (Wildman–Crippen MR) is 93.8 cm³/mol. The van der Waals surface area contributed by atoms with Crippen LogP contribution in [0.15, 0.2) is 39.3 Å². The molecule has 0 bridgehead atoms. The number of benzene rings is 2. The lowest BCUT2D eigenvalue weighted by molar-refractivity contribution is 0.386. The van der Waals surface area contributed by atoms with Gasteiger partial charge in [-0.1, -0.05) is 34.1 Å². The molecule has 1 atom stereocenters. The van der Waals surface area contributed by atoms with Crippen molar-refractivity contribution in [3.8, 4) is 11.5 Å². The molecular weight excluding hydrogens is 419 g/mol. The Morgan fingerprint density at radius 1 is 0.952 bits per heavy atom. The van der Waals surface area contributed by atoms with Crippen molar-refractivity contribution in [3.05, 3.63) is 56.0 Å². The standard InChI is InChI=1S/C16H15Br2ClO2/c1-9-5-4-6-10(13(9)17)15(19)11-7-8-12(20-2)14(18)16(11)21-3/h4-8,15H,1-3H3. The third-order valence-electron chi connectivity index (χ3n) is 3.28. The first-order chi connectivity index (χ1) is 10.0. The van der Waals surface area contributed by atoms with E-state index in [4.69, 9.17) is 21.1 Å². The van der Waals surface area contributed by atoms with E-state index in [0.717, 1.165) is 25.6 Å². The summed E-state index contributed by atoms with van der Waals surface area (Å²) >= 11 is 13.8. The molecule has 0 aliphatic heterocycles. The van der Waals surface area contributed by atoms with Gasteiger partial charge in [0.1, 0.15) is 16.0 Å². The second-order valence-corrected chi connectivity index (χ2v) is 6.57. The number of rotatable bonds is 4. The van der Waals surface area contributed by atoms with Gasteiger partial charge in [-0.2, -0.15) is 0 Å². The molecule has 0 aliphatic rings. The van der Waals surface area contributed by atoms with Gasteiger partial charge in [0.15, 0.2) is 0 Å². The Balaban J connectivity index is 2.56. The Labute approximate surface area is 146 Å². The maximum atomic E-state index is 6.69. The minimum Gasteiger partial charge on any atom is -0.495 e. The van der Waals surface area contributed by atoms with E-state index < -0.39 is 0 Å². The molecule has 1 unspecified atom stereocenters. The summed E-state index contributed by atoms with van der Waals surface area (Å²) in [5.74, 6) is 1.39. The van der Waals surface area contributed by atoms with E-state index in [9.17, 15) is 0 Å². The average Bonchev–Trinajstić information content (AvgIpc) is 2.49. The average molecular weight is 435 g/mol. The fourth-order valence-electron chi connectivity index (χ4n) is 2.15. The maximum absolute atomic E-state index is 6.69.